The monoisotopic (exact) mass is 216 g/mol. The molecule has 16 heavy (non-hydrogen) atoms. The molecule has 2 aromatic rings. The minimum atomic E-state index is 0.773. The van der Waals surface area contributed by atoms with E-state index in [9.17, 15) is 0 Å². The quantitative estimate of drug-likeness (QED) is 0.595. The normalized spacial score (nSPS) is 10.5. The fourth-order valence-corrected chi connectivity index (χ4v) is 1.61. The third-order valence-corrected chi connectivity index (χ3v) is 2.42. The minimum absolute atomic E-state index is 0.773. The van der Waals surface area contributed by atoms with Crippen LogP contribution in [-0.4, -0.2) is 6.54 Å². The van der Waals surface area contributed by atoms with Crippen molar-refractivity contribution < 1.29 is 4.42 Å². The van der Waals surface area contributed by atoms with Crippen LogP contribution in [0.3, 0.4) is 0 Å². The molecule has 3 nitrogen and oxygen atoms in total. The highest BCUT2D eigenvalue weighted by Gasteiger charge is 1.96. The van der Waals surface area contributed by atoms with Crippen LogP contribution in [0, 0.1) is 0 Å². The van der Waals surface area contributed by atoms with Crippen LogP contribution in [0.1, 0.15) is 11.3 Å². The Morgan fingerprint density at radius 1 is 1.19 bits per heavy atom. The van der Waals surface area contributed by atoms with E-state index in [1.54, 1.807) is 6.26 Å². The molecule has 0 aliphatic heterocycles. The second kappa shape index (κ2) is 5.37. The van der Waals surface area contributed by atoms with Gasteiger partial charge >= 0.3 is 0 Å². The number of nitrogen functional groups attached to an aromatic ring is 1. The van der Waals surface area contributed by atoms with E-state index in [4.69, 9.17) is 10.2 Å². The molecule has 0 fully saturated rings. The zero-order valence-electron chi connectivity index (χ0n) is 9.15. The molecule has 0 saturated carbocycles. The van der Waals surface area contributed by atoms with E-state index in [0.29, 0.717) is 0 Å². The minimum Gasteiger partial charge on any atom is -0.468 e. The zero-order chi connectivity index (χ0) is 11.2. The van der Waals surface area contributed by atoms with Gasteiger partial charge in [-0.2, -0.15) is 0 Å². The van der Waals surface area contributed by atoms with Gasteiger partial charge in [0.15, 0.2) is 0 Å². The molecule has 0 bridgehead atoms. The Hall–Kier alpha value is -1.74. The Balaban J connectivity index is 1.72. The van der Waals surface area contributed by atoms with Gasteiger partial charge < -0.3 is 15.5 Å². The van der Waals surface area contributed by atoms with E-state index in [1.807, 2.05) is 30.3 Å². The number of nitrogens with one attached hydrogen (secondary N) is 1. The Kier molecular flexibility index (Phi) is 3.62. The van der Waals surface area contributed by atoms with Gasteiger partial charge in [-0.3, -0.25) is 0 Å². The third-order valence-electron chi connectivity index (χ3n) is 2.42. The summed E-state index contributed by atoms with van der Waals surface area (Å²) in [5, 5.41) is 3.32. The predicted octanol–water partition coefficient (Wildman–Crippen LogP) is 2.19. The topological polar surface area (TPSA) is 51.2 Å². The second-order valence-corrected chi connectivity index (χ2v) is 3.75. The highest BCUT2D eigenvalue weighted by molar-refractivity contribution is 5.40. The van der Waals surface area contributed by atoms with Gasteiger partial charge in [0.2, 0.25) is 0 Å². The fourth-order valence-electron chi connectivity index (χ4n) is 1.61. The maximum Gasteiger partial charge on any atom is 0.117 e. The van der Waals surface area contributed by atoms with Crippen LogP contribution in [0.25, 0.3) is 0 Å². The first kappa shape index (κ1) is 10.8. The lowest BCUT2D eigenvalue weighted by Crippen LogP contribution is -2.16. The Labute approximate surface area is 95.3 Å². The molecule has 0 radical (unpaired) electrons. The molecule has 1 aromatic heterocycles. The first-order valence-corrected chi connectivity index (χ1v) is 5.42. The van der Waals surface area contributed by atoms with Gasteiger partial charge in [-0.1, -0.05) is 12.1 Å². The summed E-state index contributed by atoms with van der Waals surface area (Å²) in [7, 11) is 0. The van der Waals surface area contributed by atoms with Crippen molar-refractivity contribution in [2.75, 3.05) is 12.3 Å². The lowest BCUT2D eigenvalue weighted by atomic mass is 10.1. The molecule has 0 atom stereocenters. The average Bonchev–Trinajstić information content (AvgIpc) is 2.77. The van der Waals surface area contributed by atoms with Gasteiger partial charge in [0.1, 0.15) is 5.76 Å². The van der Waals surface area contributed by atoms with Gasteiger partial charge in [0.25, 0.3) is 0 Å². The number of hydrogen-bond donors (Lipinski definition) is 2. The van der Waals surface area contributed by atoms with Crippen LogP contribution in [-0.2, 0) is 13.0 Å². The molecule has 1 aromatic carbocycles. The molecule has 2 rings (SSSR count). The predicted molar refractivity (Wildman–Crippen MR) is 65.0 cm³/mol. The molecule has 0 aliphatic rings. The van der Waals surface area contributed by atoms with Crippen LogP contribution in [0.15, 0.2) is 47.1 Å². The first-order chi connectivity index (χ1) is 7.84. The smallest absolute Gasteiger partial charge is 0.117 e. The van der Waals surface area contributed by atoms with Crippen molar-refractivity contribution in [3.63, 3.8) is 0 Å². The molecule has 0 aliphatic carbocycles. The van der Waals surface area contributed by atoms with Crippen LogP contribution >= 0.6 is 0 Å². The van der Waals surface area contributed by atoms with Crippen LogP contribution in [0.4, 0.5) is 5.69 Å². The van der Waals surface area contributed by atoms with E-state index >= 15 is 0 Å². The lowest BCUT2D eigenvalue weighted by molar-refractivity contribution is 0.484. The highest BCUT2D eigenvalue weighted by Crippen LogP contribution is 2.06. The van der Waals surface area contributed by atoms with E-state index in [1.165, 1.54) is 5.56 Å². The molecular formula is C13H16N2O. The summed E-state index contributed by atoms with van der Waals surface area (Å²) in [4.78, 5) is 0. The molecule has 3 heteroatoms. The van der Waals surface area contributed by atoms with Crippen molar-refractivity contribution in [2.24, 2.45) is 0 Å². The highest BCUT2D eigenvalue weighted by atomic mass is 16.3. The van der Waals surface area contributed by atoms with E-state index in [0.717, 1.165) is 31.0 Å². The Bertz CT molecular complexity index is 423. The van der Waals surface area contributed by atoms with E-state index in [2.05, 4.69) is 11.4 Å². The summed E-state index contributed by atoms with van der Waals surface area (Å²) in [5.74, 6) is 0.965. The number of nitrogens with two attached hydrogens (primary N) is 1. The number of hydrogen-bond acceptors (Lipinski definition) is 3. The number of furan rings is 1. The number of anilines is 1. The van der Waals surface area contributed by atoms with Gasteiger partial charge in [-0.05, 0) is 42.8 Å². The average molecular weight is 216 g/mol. The van der Waals surface area contributed by atoms with Crippen molar-refractivity contribution in [3.05, 3.63) is 54.0 Å². The molecular weight excluding hydrogens is 200 g/mol. The zero-order valence-corrected chi connectivity index (χ0v) is 9.15. The van der Waals surface area contributed by atoms with Crippen molar-refractivity contribution in [1.29, 1.82) is 0 Å². The molecule has 0 amide bonds. The van der Waals surface area contributed by atoms with E-state index < -0.39 is 0 Å². The van der Waals surface area contributed by atoms with Gasteiger partial charge in [-0.25, -0.2) is 0 Å². The van der Waals surface area contributed by atoms with Gasteiger partial charge in [0, 0.05) is 5.69 Å². The molecule has 84 valence electrons. The summed E-state index contributed by atoms with van der Waals surface area (Å²) in [5.41, 5.74) is 7.78. The number of benzene rings is 1. The maximum absolute atomic E-state index is 5.70. The molecule has 0 saturated heterocycles. The number of rotatable bonds is 5. The largest absolute Gasteiger partial charge is 0.468 e. The summed E-state index contributed by atoms with van der Waals surface area (Å²) in [6.07, 6.45) is 2.67. The molecule has 3 N–H and O–H groups in total. The van der Waals surface area contributed by atoms with Crippen molar-refractivity contribution >= 4 is 5.69 Å². The van der Waals surface area contributed by atoms with Crippen molar-refractivity contribution in [2.45, 2.75) is 13.0 Å². The molecule has 0 spiro atoms. The summed E-state index contributed by atoms with van der Waals surface area (Å²) >= 11 is 0. The Morgan fingerprint density at radius 2 is 2.12 bits per heavy atom. The van der Waals surface area contributed by atoms with Crippen LogP contribution in [0.5, 0.6) is 0 Å². The summed E-state index contributed by atoms with van der Waals surface area (Å²) in [6, 6.07) is 11.8. The standard InChI is InChI=1S/C13H16N2O/c14-12-4-1-3-11(9-12)6-7-15-10-13-5-2-8-16-13/h1-5,8-9,15H,6-7,10,14H2. The summed E-state index contributed by atoms with van der Waals surface area (Å²) in [6.45, 7) is 1.69. The third kappa shape index (κ3) is 3.14. The van der Waals surface area contributed by atoms with Gasteiger partial charge in [-0.15, -0.1) is 0 Å². The fraction of sp³-hybridized carbons (Fsp3) is 0.231. The molecule has 0 unspecified atom stereocenters. The second-order valence-electron chi connectivity index (χ2n) is 3.75. The first-order valence-electron chi connectivity index (χ1n) is 5.42. The van der Waals surface area contributed by atoms with Crippen LogP contribution < -0.4 is 11.1 Å². The lowest BCUT2D eigenvalue weighted by Gasteiger charge is -2.03. The van der Waals surface area contributed by atoms with Crippen molar-refractivity contribution in [1.82, 2.24) is 5.32 Å². The molecule has 1 heterocycles. The Morgan fingerprint density at radius 3 is 2.88 bits per heavy atom. The van der Waals surface area contributed by atoms with E-state index in [-0.39, 0.29) is 0 Å². The SMILES string of the molecule is Nc1cccc(CCNCc2ccco2)c1. The maximum atomic E-state index is 5.70. The summed E-state index contributed by atoms with van der Waals surface area (Å²) < 4.78 is 5.22. The van der Waals surface area contributed by atoms with Gasteiger partial charge in [0.05, 0.1) is 12.8 Å². The van der Waals surface area contributed by atoms with Crippen LogP contribution in [0.2, 0.25) is 0 Å². The van der Waals surface area contributed by atoms with Crippen molar-refractivity contribution in [3.8, 4) is 0 Å².